The van der Waals surface area contributed by atoms with Crippen LogP contribution in [0.15, 0.2) is 0 Å². The van der Waals surface area contributed by atoms with E-state index in [9.17, 15) is 0 Å². The Hall–Kier alpha value is -0.0800. The molecule has 2 heteroatoms. The summed E-state index contributed by atoms with van der Waals surface area (Å²) in [5.74, 6) is 1.74. The summed E-state index contributed by atoms with van der Waals surface area (Å²) in [4.78, 5) is 0. The molecule has 0 saturated heterocycles. The van der Waals surface area contributed by atoms with Crippen molar-refractivity contribution in [1.29, 1.82) is 0 Å². The first-order valence-electron chi connectivity index (χ1n) is 6.31. The van der Waals surface area contributed by atoms with E-state index in [1.54, 1.807) is 0 Å². The second-order valence-corrected chi connectivity index (χ2v) is 6.08. The van der Waals surface area contributed by atoms with Gasteiger partial charge in [0.1, 0.15) is 0 Å². The molecule has 0 aromatic heterocycles. The maximum atomic E-state index is 5.72. The Bertz CT molecular complexity index is 173. The molecule has 2 nitrogen and oxygen atoms in total. The third kappa shape index (κ3) is 4.98. The minimum absolute atomic E-state index is 0.184. The van der Waals surface area contributed by atoms with Crippen molar-refractivity contribution in [3.8, 4) is 0 Å². The van der Waals surface area contributed by atoms with Gasteiger partial charge in [0.15, 0.2) is 0 Å². The van der Waals surface area contributed by atoms with Gasteiger partial charge in [-0.1, -0.05) is 13.8 Å². The Labute approximate surface area is 93.3 Å². The Kier molecular flexibility index (Phi) is 3.68. The highest BCUT2D eigenvalue weighted by Gasteiger charge is 2.26. The van der Waals surface area contributed by atoms with Crippen molar-refractivity contribution in [3.63, 3.8) is 0 Å². The van der Waals surface area contributed by atoms with E-state index >= 15 is 0 Å². The molecule has 0 aromatic rings. The average Bonchev–Trinajstić information content (AvgIpc) is 2.97. The van der Waals surface area contributed by atoms with Crippen LogP contribution in [-0.4, -0.2) is 26.4 Å². The number of ether oxygens (including phenoxy) is 2. The number of rotatable bonds is 8. The van der Waals surface area contributed by atoms with Crippen molar-refractivity contribution in [3.05, 3.63) is 0 Å². The SMILES string of the molecule is CC(C)(COCC1CC1)COCC1CC1. The molecule has 0 bridgehead atoms. The van der Waals surface area contributed by atoms with Crippen molar-refractivity contribution in [1.82, 2.24) is 0 Å². The second kappa shape index (κ2) is 4.84. The van der Waals surface area contributed by atoms with Gasteiger partial charge in [0.2, 0.25) is 0 Å². The Morgan fingerprint density at radius 1 is 0.867 bits per heavy atom. The van der Waals surface area contributed by atoms with E-state index in [-0.39, 0.29) is 5.41 Å². The van der Waals surface area contributed by atoms with Crippen LogP contribution < -0.4 is 0 Å². The highest BCUT2D eigenvalue weighted by atomic mass is 16.5. The van der Waals surface area contributed by atoms with Crippen molar-refractivity contribution in [2.24, 2.45) is 17.3 Å². The highest BCUT2D eigenvalue weighted by Crippen LogP contribution is 2.31. The van der Waals surface area contributed by atoms with Gasteiger partial charge in [0.05, 0.1) is 13.2 Å². The zero-order chi connectivity index (χ0) is 10.7. The summed E-state index contributed by atoms with van der Waals surface area (Å²) in [7, 11) is 0. The lowest BCUT2D eigenvalue weighted by Gasteiger charge is -2.24. The van der Waals surface area contributed by atoms with Gasteiger partial charge in [-0.05, 0) is 37.5 Å². The van der Waals surface area contributed by atoms with Gasteiger partial charge in [-0.2, -0.15) is 0 Å². The monoisotopic (exact) mass is 212 g/mol. The van der Waals surface area contributed by atoms with Crippen molar-refractivity contribution >= 4 is 0 Å². The van der Waals surface area contributed by atoms with Crippen LogP contribution in [0.5, 0.6) is 0 Å². The van der Waals surface area contributed by atoms with Gasteiger partial charge in [0, 0.05) is 18.6 Å². The van der Waals surface area contributed by atoms with E-state index in [1.807, 2.05) is 0 Å². The molecule has 0 amide bonds. The molecular formula is C13H24O2. The molecule has 15 heavy (non-hydrogen) atoms. The minimum atomic E-state index is 0.184. The molecule has 0 N–H and O–H groups in total. The smallest absolute Gasteiger partial charge is 0.0539 e. The number of hydrogen-bond acceptors (Lipinski definition) is 2. The molecule has 2 fully saturated rings. The Balaban J connectivity index is 1.50. The third-order valence-electron chi connectivity index (χ3n) is 3.09. The first-order valence-corrected chi connectivity index (χ1v) is 6.31. The van der Waals surface area contributed by atoms with Gasteiger partial charge >= 0.3 is 0 Å². The van der Waals surface area contributed by atoms with E-state index in [0.717, 1.165) is 38.3 Å². The van der Waals surface area contributed by atoms with Gasteiger partial charge < -0.3 is 9.47 Å². The van der Waals surface area contributed by atoms with Crippen LogP contribution in [0.3, 0.4) is 0 Å². The predicted octanol–water partition coefficient (Wildman–Crippen LogP) is 2.87. The Morgan fingerprint density at radius 3 is 1.60 bits per heavy atom. The van der Waals surface area contributed by atoms with Gasteiger partial charge in [-0.15, -0.1) is 0 Å². The molecule has 0 atom stereocenters. The van der Waals surface area contributed by atoms with Crippen LogP contribution in [0, 0.1) is 17.3 Å². The third-order valence-corrected chi connectivity index (χ3v) is 3.09. The molecule has 0 radical (unpaired) electrons. The number of hydrogen-bond donors (Lipinski definition) is 0. The lowest BCUT2D eigenvalue weighted by atomic mass is 9.96. The fraction of sp³-hybridized carbons (Fsp3) is 1.00. The van der Waals surface area contributed by atoms with Crippen LogP contribution in [0.25, 0.3) is 0 Å². The van der Waals surface area contributed by atoms with Crippen molar-refractivity contribution in [2.75, 3.05) is 26.4 Å². The minimum Gasteiger partial charge on any atom is -0.381 e. The van der Waals surface area contributed by atoms with E-state index in [2.05, 4.69) is 13.8 Å². The fourth-order valence-corrected chi connectivity index (χ4v) is 1.61. The molecule has 2 aliphatic carbocycles. The van der Waals surface area contributed by atoms with Crippen molar-refractivity contribution < 1.29 is 9.47 Å². The Morgan fingerprint density at radius 2 is 1.27 bits per heavy atom. The molecule has 0 aromatic carbocycles. The summed E-state index contributed by atoms with van der Waals surface area (Å²) in [6.45, 7) is 8.07. The van der Waals surface area contributed by atoms with Crippen LogP contribution in [-0.2, 0) is 9.47 Å². The topological polar surface area (TPSA) is 18.5 Å². The molecular weight excluding hydrogens is 188 g/mol. The van der Waals surface area contributed by atoms with Crippen LogP contribution >= 0.6 is 0 Å². The molecule has 0 spiro atoms. The van der Waals surface area contributed by atoms with Gasteiger partial charge in [0.25, 0.3) is 0 Å². The maximum absolute atomic E-state index is 5.72. The molecule has 0 aliphatic heterocycles. The van der Waals surface area contributed by atoms with Crippen LogP contribution in [0.1, 0.15) is 39.5 Å². The summed E-state index contributed by atoms with van der Waals surface area (Å²) in [5, 5.41) is 0. The molecule has 0 unspecified atom stereocenters. The summed E-state index contributed by atoms with van der Waals surface area (Å²) in [6.07, 6.45) is 5.49. The van der Waals surface area contributed by atoms with E-state index < -0.39 is 0 Å². The first-order chi connectivity index (χ1) is 7.16. The van der Waals surface area contributed by atoms with Crippen LogP contribution in [0.4, 0.5) is 0 Å². The van der Waals surface area contributed by atoms with E-state index in [4.69, 9.17) is 9.47 Å². The zero-order valence-electron chi connectivity index (χ0n) is 10.1. The molecule has 2 rings (SSSR count). The molecule has 88 valence electrons. The van der Waals surface area contributed by atoms with Crippen LogP contribution in [0.2, 0.25) is 0 Å². The van der Waals surface area contributed by atoms with E-state index in [1.165, 1.54) is 25.7 Å². The standard InChI is InChI=1S/C13H24O2/c1-13(2,9-14-7-11-3-4-11)10-15-8-12-5-6-12/h11-12H,3-10H2,1-2H3. The maximum Gasteiger partial charge on any atom is 0.0539 e. The average molecular weight is 212 g/mol. The lowest BCUT2D eigenvalue weighted by Crippen LogP contribution is -2.26. The quantitative estimate of drug-likeness (QED) is 0.616. The predicted molar refractivity (Wildman–Crippen MR) is 60.9 cm³/mol. The first kappa shape index (κ1) is 11.4. The molecule has 2 saturated carbocycles. The van der Waals surface area contributed by atoms with Gasteiger partial charge in [-0.3, -0.25) is 0 Å². The largest absolute Gasteiger partial charge is 0.381 e. The summed E-state index contributed by atoms with van der Waals surface area (Å²) in [6, 6.07) is 0. The lowest BCUT2D eigenvalue weighted by molar-refractivity contribution is -0.00874. The molecule has 0 heterocycles. The molecule has 2 aliphatic rings. The highest BCUT2D eigenvalue weighted by molar-refractivity contribution is 4.75. The summed E-state index contributed by atoms with van der Waals surface area (Å²) < 4.78 is 11.4. The summed E-state index contributed by atoms with van der Waals surface area (Å²) >= 11 is 0. The van der Waals surface area contributed by atoms with E-state index in [0.29, 0.717) is 0 Å². The second-order valence-electron chi connectivity index (χ2n) is 6.08. The van der Waals surface area contributed by atoms with Gasteiger partial charge in [-0.25, -0.2) is 0 Å². The zero-order valence-corrected chi connectivity index (χ0v) is 10.1. The fourth-order valence-electron chi connectivity index (χ4n) is 1.61. The normalized spacial score (nSPS) is 22.0. The summed E-state index contributed by atoms with van der Waals surface area (Å²) in [5.41, 5.74) is 0.184. The van der Waals surface area contributed by atoms with Crippen molar-refractivity contribution in [2.45, 2.75) is 39.5 Å².